The number of aromatic nitrogens is 5. The number of imidazole rings is 1. The SMILES string of the molecule is c1ccc(-c2nc3c4cccnc4c4ncccc4n3c2-n2c3ccccc3c3ccccc32)cc1. The first-order valence-corrected chi connectivity index (χ1v) is 12.0. The van der Waals surface area contributed by atoms with E-state index in [1.165, 1.54) is 10.8 Å². The molecule has 0 bridgehead atoms. The molecule has 8 rings (SSSR count). The normalized spacial score (nSPS) is 11.9. The van der Waals surface area contributed by atoms with E-state index in [9.17, 15) is 0 Å². The van der Waals surface area contributed by atoms with Crippen LogP contribution in [0.15, 0.2) is 116 Å². The van der Waals surface area contributed by atoms with Crippen molar-refractivity contribution in [2.24, 2.45) is 0 Å². The van der Waals surface area contributed by atoms with E-state index in [1.807, 2.05) is 30.6 Å². The highest BCUT2D eigenvalue weighted by atomic mass is 15.2. The maximum absolute atomic E-state index is 5.31. The van der Waals surface area contributed by atoms with Crippen LogP contribution in [-0.2, 0) is 0 Å². The van der Waals surface area contributed by atoms with E-state index in [0.717, 1.165) is 55.7 Å². The Hall–Kier alpha value is -5.03. The van der Waals surface area contributed by atoms with E-state index >= 15 is 0 Å². The van der Waals surface area contributed by atoms with Gasteiger partial charge in [-0.15, -0.1) is 0 Å². The standard InChI is InChI=1S/C31H19N5/c1-2-10-20(11-3-1)27-31(35-24-15-6-4-12-21(24)22-13-5-7-16-25(22)35)36-26-17-9-19-33-29(26)28-23(30(36)34-27)14-8-18-32-28/h1-19H. The Kier molecular flexibility index (Phi) is 3.88. The summed E-state index contributed by atoms with van der Waals surface area (Å²) in [6.45, 7) is 0. The zero-order valence-corrected chi connectivity index (χ0v) is 19.2. The van der Waals surface area contributed by atoms with E-state index < -0.39 is 0 Å². The highest BCUT2D eigenvalue weighted by Gasteiger charge is 2.24. The minimum absolute atomic E-state index is 0.860. The van der Waals surface area contributed by atoms with Gasteiger partial charge in [0.1, 0.15) is 22.4 Å². The molecule has 0 saturated carbocycles. The lowest BCUT2D eigenvalue weighted by Gasteiger charge is -2.13. The minimum Gasteiger partial charge on any atom is -0.293 e. The van der Waals surface area contributed by atoms with E-state index in [2.05, 4.69) is 93.9 Å². The van der Waals surface area contributed by atoms with Crippen molar-refractivity contribution < 1.29 is 0 Å². The molecular formula is C31H19N5. The molecule has 168 valence electrons. The third-order valence-electron chi connectivity index (χ3n) is 6.99. The largest absolute Gasteiger partial charge is 0.293 e. The van der Waals surface area contributed by atoms with Crippen molar-refractivity contribution in [3.8, 4) is 17.1 Å². The van der Waals surface area contributed by atoms with Crippen LogP contribution in [0.3, 0.4) is 0 Å². The van der Waals surface area contributed by atoms with Crippen LogP contribution in [0, 0.1) is 0 Å². The van der Waals surface area contributed by atoms with Gasteiger partial charge in [-0.1, -0.05) is 66.7 Å². The molecule has 8 aromatic rings. The molecule has 0 saturated heterocycles. The second-order valence-electron chi connectivity index (χ2n) is 8.95. The highest BCUT2D eigenvalue weighted by molar-refractivity contribution is 6.12. The van der Waals surface area contributed by atoms with Crippen molar-refractivity contribution in [1.82, 2.24) is 23.9 Å². The number of benzene rings is 3. The molecule has 5 heteroatoms. The van der Waals surface area contributed by atoms with E-state index in [0.29, 0.717) is 0 Å². The van der Waals surface area contributed by atoms with Gasteiger partial charge >= 0.3 is 0 Å². The van der Waals surface area contributed by atoms with Crippen molar-refractivity contribution >= 4 is 49.4 Å². The monoisotopic (exact) mass is 461 g/mol. The van der Waals surface area contributed by atoms with Crippen LogP contribution in [0.1, 0.15) is 0 Å². The number of pyridine rings is 3. The lowest BCUT2D eigenvalue weighted by Crippen LogP contribution is -2.03. The Morgan fingerprint density at radius 1 is 0.500 bits per heavy atom. The van der Waals surface area contributed by atoms with Gasteiger partial charge in [-0.25, -0.2) is 4.98 Å². The summed E-state index contributed by atoms with van der Waals surface area (Å²) in [5.41, 5.74) is 7.83. The van der Waals surface area contributed by atoms with Crippen LogP contribution < -0.4 is 0 Å². The summed E-state index contributed by atoms with van der Waals surface area (Å²) in [5, 5.41) is 3.41. The average molecular weight is 462 g/mol. The smallest absolute Gasteiger partial charge is 0.151 e. The van der Waals surface area contributed by atoms with E-state index in [-0.39, 0.29) is 0 Å². The summed E-state index contributed by atoms with van der Waals surface area (Å²) in [5.74, 6) is 0.998. The lowest BCUT2D eigenvalue weighted by atomic mass is 10.1. The first-order valence-electron chi connectivity index (χ1n) is 12.0. The Morgan fingerprint density at radius 3 is 1.83 bits per heavy atom. The van der Waals surface area contributed by atoms with Crippen LogP contribution in [0.25, 0.3) is 66.5 Å². The maximum atomic E-state index is 5.31. The zero-order chi connectivity index (χ0) is 23.6. The molecule has 5 nitrogen and oxygen atoms in total. The summed E-state index contributed by atoms with van der Waals surface area (Å²) in [6.07, 6.45) is 3.65. The quantitative estimate of drug-likeness (QED) is 0.256. The van der Waals surface area contributed by atoms with Crippen molar-refractivity contribution in [3.63, 3.8) is 0 Å². The molecule has 3 aromatic carbocycles. The van der Waals surface area contributed by atoms with Crippen molar-refractivity contribution in [2.75, 3.05) is 0 Å². The Morgan fingerprint density at radius 2 is 1.08 bits per heavy atom. The fraction of sp³-hybridized carbons (Fsp3) is 0. The lowest BCUT2D eigenvalue weighted by molar-refractivity contribution is 1.07. The number of rotatable bonds is 2. The third-order valence-corrected chi connectivity index (χ3v) is 6.99. The summed E-state index contributed by atoms with van der Waals surface area (Å²) >= 11 is 0. The first-order chi connectivity index (χ1) is 17.9. The van der Waals surface area contributed by atoms with E-state index in [1.54, 1.807) is 0 Å². The summed E-state index contributed by atoms with van der Waals surface area (Å²) in [7, 11) is 0. The second kappa shape index (κ2) is 7.23. The van der Waals surface area contributed by atoms with Crippen LogP contribution in [-0.4, -0.2) is 23.9 Å². The topological polar surface area (TPSA) is 48.0 Å². The van der Waals surface area contributed by atoms with Crippen molar-refractivity contribution in [3.05, 3.63) is 116 Å². The molecule has 0 N–H and O–H groups in total. The minimum atomic E-state index is 0.860. The molecule has 36 heavy (non-hydrogen) atoms. The van der Waals surface area contributed by atoms with Gasteiger partial charge in [0.25, 0.3) is 0 Å². The van der Waals surface area contributed by atoms with Crippen LogP contribution >= 0.6 is 0 Å². The molecule has 5 aromatic heterocycles. The van der Waals surface area contributed by atoms with E-state index in [4.69, 9.17) is 15.0 Å². The molecule has 0 unspecified atom stereocenters. The number of hydrogen-bond acceptors (Lipinski definition) is 3. The summed E-state index contributed by atoms with van der Waals surface area (Å²) < 4.78 is 4.61. The molecular weight excluding hydrogens is 442 g/mol. The Labute approximate surface area is 205 Å². The fourth-order valence-electron chi connectivity index (χ4n) is 5.50. The summed E-state index contributed by atoms with van der Waals surface area (Å²) in [6, 6.07) is 35.7. The van der Waals surface area contributed by atoms with Crippen molar-refractivity contribution in [2.45, 2.75) is 0 Å². The Balaban J connectivity index is 1.69. The van der Waals surface area contributed by atoms with Crippen LogP contribution in [0.2, 0.25) is 0 Å². The van der Waals surface area contributed by atoms with Crippen LogP contribution in [0.5, 0.6) is 0 Å². The van der Waals surface area contributed by atoms with Gasteiger partial charge in [-0.05, 0) is 36.4 Å². The number of hydrogen-bond donors (Lipinski definition) is 0. The first kappa shape index (κ1) is 19.3. The molecule has 0 fully saturated rings. The van der Waals surface area contributed by atoms with Gasteiger partial charge in [-0.3, -0.25) is 18.9 Å². The van der Waals surface area contributed by atoms with Gasteiger partial charge < -0.3 is 0 Å². The number of para-hydroxylation sites is 2. The maximum Gasteiger partial charge on any atom is 0.151 e. The third kappa shape index (κ3) is 2.51. The Bertz CT molecular complexity index is 2050. The molecule has 0 spiro atoms. The molecule has 0 aliphatic heterocycles. The fourth-order valence-corrected chi connectivity index (χ4v) is 5.50. The second-order valence-corrected chi connectivity index (χ2v) is 8.95. The van der Waals surface area contributed by atoms with Gasteiger partial charge in [0, 0.05) is 34.1 Å². The van der Waals surface area contributed by atoms with Gasteiger partial charge in [0.05, 0.1) is 16.6 Å². The molecule has 0 aliphatic rings. The van der Waals surface area contributed by atoms with Gasteiger partial charge in [0.15, 0.2) is 5.82 Å². The van der Waals surface area contributed by atoms with Crippen LogP contribution in [0.4, 0.5) is 0 Å². The molecule has 0 aliphatic carbocycles. The zero-order valence-electron chi connectivity index (χ0n) is 19.2. The predicted molar refractivity (Wildman–Crippen MR) is 146 cm³/mol. The predicted octanol–water partition coefficient (Wildman–Crippen LogP) is 7.19. The molecule has 0 radical (unpaired) electrons. The van der Waals surface area contributed by atoms with Gasteiger partial charge in [0.2, 0.25) is 0 Å². The van der Waals surface area contributed by atoms with Gasteiger partial charge in [-0.2, -0.15) is 0 Å². The summed E-state index contributed by atoms with van der Waals surface area (Å²) in [4.78, 5) is 14.8. The molecule has 0 amide bonds. The molecule has 5 heterocycles. The number of nitrogens with zero attached hydrogens (tertiary/aromatic N) is 5. The highest BCUT2D eigenvalue weighted by Crippen LogP contribution is 2.39. The number of fused-ring (bicyclic) bond motifs is 9. The average Bonchev–Trinajstić information content (AvgIpc) is 3.50. The van der Waals surface area contributed by atoms with Crippen molar-refractivity contribution in [1.29, 1.82) is 0 Å². The molecule has 0 atom stereocenters.